The number of carbonyl (C=O) groups is 1. The Labute approximate surface area is 142 Å². The van der Waals surface area contributed by atoms with Crippen LogP contribution in [0.4, 0.5) is 0 Å². The van der Waals surface area contributed by atoms with Crippen LogP contribution < -0.4 is 0 Å². The molecule has 0 spiro atoms. The summed E-state index contributed by atoms with van der Waals surface area (Å²) >= 11 is 0. The number of fused-ring (bicyclic) bond motifs is 1. The Morgan fingerprint density at radius 2 is 1.71 bits per heavy atom. The summed E-state index contributed by atoms with van der Waals surface area (Å²) in [5.74, 6) is 0.562. The maximum atomic E-state index is 12.6. The van der Waals surface area contributed by atoms with Crippen molar-refractivity contribution in [1.29, 1.82) is 0 Å². The lowest BCUT2D eigenvalue weighted by Gasteiger charge is -2.19. The van der Waals surface area contributed by atoms with Gasteiger partial charge in [0.25, 0.3) is 5.91 Å². The lowest BCUT2D eigenvalue weighted by atomic mass is 10.1. The van der Waals surface area contributed by atoms with Gasteiger partial charge in [0.05, 0.1) is 0 Å². The number of nitrogens with zero attached hydrogens (tertiary/aromatic N) is 2. The van der Waals surface area contributed by atoms with Crippen molar-refractivity contribution in [1.82, 2.24) is 10.1 Å². The Kier molecular flexibility index (Phi) is 4.94. The maximum Gasteiger partial charge on any atom is 0.276 e. The normalized spacial score (nSPS) is 10.9. The summed E-state index contributed by atoms with van der Waals surface area (Å²) < 4.78 is 5.43. The van der Waals surface area contributed by atoms with Crippen LogP contribution >= 0.6 is 0 Å². The number of aromatic nitrogens is 1. The molecule has 0 aliphatic heterocycles. The molecule has 0 aliphatic carbocycles. The highest BCUT2D eigenvalue weighted by atomic mass is 16.5. The van der Waals surface area contributed by atoms with Crippen molar-refractivity contribution in [2.24, 2.45) is 0 Å². The van der Waals surface area contributed by atoms with E-state index in [1.54, 1.807) is 6.07 Å². The van der Waals surface area contributed by atoms with E-state index in [0.717, 1.165) is 36.9 Å². The average molecular weight is 322 g/mol. The summed E-state index contributed by atoms with van der Waals surface area (Å²) in [5.41, 5.74) is 1.30. The maximum absolute atomic E-state index is 12.6. The van der Waals surface area contributed by atoms with Gasteiger partial charge in [-0.25, -0.2) is 0 Å². The fourth-order valence-corrected chi connectivity index (χ4v) is 2.87. The van der Waals surface area contributed by atoms with Gasteiger partial charge in [0.1, 0.15) is 0 Å². The van der Waals surface area contributed by atoms with Crippen LogP contribution in [0.15, 0.2) is 53.1 Å². The highest BCUT2D eigenvalue weighted by Gasteiger charge is 2.19. The second-order valence-corrected chi connectivity index (χ2v) is 5.93. The minimum Gasteiger partial charge on any atom is -0.355 e. The standard InChI is InChI=1S/C20H22N2O2/c1-3-11-22(12-4-2)20(23)18-14-19(24-21-18)17-10-9-15-7-5-6-8-16(15)13-17/h5-10,13-14H,3-4,11-12H2,1-2H3. The summed E-state index contributed by atoms with van der Waals surface area (Å²) in [7, 11) is 0. The first-order chi connectivity index (χ1) is 11.7. The molecule has 1 heterocycles. The molecule has 0 radical (unpaired) electrons. The molecule has 0 saturated carbocycles. The SMILES string of the molecule is CCCN(CCC)C(=O)c1cc(-c2ccc3ccccc3c2)on1. The highest BCUT2D eigenvalue weighted by molar-refractivity contribution is 5.93. The molecule has 3 aromatic rings. The number of carbonyl (C=O) groups excluding carboxylic acids is 1. The number of amides is 1. The van der Waals surface area contributed by atoms with Crippen molar-refractivity contribution < 1.29 is 9.32 Å². The summed E-state index contributed by atoms with van der Waals surface area (Å²) in [4.78, 5) is 14.4. The van der Waals surface area contributed by atoms with Crippen molar-refractivity contribution in [3.63, 3.8) is 0 Å². The molecule has 0 atom stereocenters. The number of hydrogen-bond donors (Lipinski definition) is 0. The third-order valence-corrected chi connectivity index (χ3v) is 4.04. The van der Waals surface area contributed by atoms with Gasteiger partial charge in [0, 0.05) is 24.7 Å². The van der Waals surface area contributed by atoms with E-state index in [4.69, 9.17) is 4.52 Å². The molecule has 2 aromatic carbocycles. The first-order valence-corrected chi connectivity index (χ1v) is 8.48. The van der Waals surface area contributed by atoms with Crippen LogP contribution in [-0.4, -0.2) is 29.1 Å². The van der Waals surface area contributed by atoms with Crippen LogP contribution in [0.1, 0.15) is 37.2 Å². The molecule has 0 N–H and O–H groups in total. The Hall–Kier alpha value is -2.62. The average Bonchev–Trinajstić information content (AvgIpc) is 3.10. The van der Waals surface area contributed by atoms with Gasteiger partial charge in [-0.05, 0) is 29.7 Å². The Bertz CT molecular complexity index is 832. The second-order valence-electron chi connectivity index (χ2n) is 5.93. The zero-order valence-corrected chi connectivity index (χ0v) is 14.2. The van der Waals surface area contributed by atoms with Gasteiger partial charge >= 0.3 is 0 Å². The molecule has 0 aliphatic rings. The molecule has 0 fully saturated rings. The third kappa shape index (κ3) is 3.32. The summed E-state index contributed by atoms with van der Waals surface area (Å²) in [6.07, 6.45) is 1.86. The minimum absolute atomic E-state index is 0.0607. The minimum atomic E-state index is -0.0607. The summed E-state index contributed by atoms with van der Waals surface area (Å²) in [6.45, 7) is 5.62. The molecule has 24 heavy (non-hydrogen) atoms. The molecular formula is C20H22N2O2. The third-order valence-electron chi connectivity index (χ3n) is 4.04. The van der Waals surface area contributed by atoms with Crippen molar-refractivity contribution in [3.8, 4) is 11.3 Å². The predicted molar refractivity (Wildman–Crippen MR) is 95.9 cm³/mol. The van der Waals surface area contributed by atoms with Crippen LogP contribution in [0.2, 0.25) is 0 Å². The van der Waals surface area contributed by atoms with Crippen LogP contribution in [-0.2, 0) is 0 Å². The number of benzene rings is 2. The van der Waals surface area contributed by atoms with Gasteiger partial charge < -0.3 is 9.42 Å². The molecule has 0 unspecified atom stereocenters. The van der Waals surface area contributed by atoms with Gasteiger partial charge in [-0.15, -0.1) is 0 Å². The molecule has 0 bridgehead atoms. The molecular weight excluding hydrogens is 300 g/mol. The molecule has 124 valence electrons. The molecule has 0 saturated heterocycles. The van der Waals surface area contributed by atoms with Crippen molar-refractivity contribution >= 4 is 16.7 Å². The Morgan fingerprint density at radius 3 is 2.42 bits per heavy atom. The molecule has 4 nitrogen and oxygen atoms in total. The van der Waals surface area contributed by atoms with Crippen molar-refractivity contribution in [3.05, 3.63) is 54.2 Å². The van der Waals surface area contributed by atoms with E-state index >= 15 is 0 Å². The monoisotopic (exact) mass is 322 g/mol. The topological polar surface area (TPSA) is 46.3 Å². The quantitative estimate of drug-likeness (QED) is 0.657. The number of rotatable bonds is 6. The van der Waals surface area contributed by atoms with Crippen molar-refractivity contribution in [2.45, 2.75) is 26.7 Å². The fourth-order valence-electron chi connectivity index (χ4n) is 2.87. The van der Waals surface area contributed by atoms with Crippen LogP contribution in [0.25, 0.3) is 22.1 Å². The largest absolute Gasteiger partial charge is 0.355 e. The van der Waals surface area contributed by atoms with E-state index in [1.165, 1.54) is 5.39 Å². The molecule has 1 aromatic heterocycles. The number of hydrogen-bond acceptors (Lipinski definition) is 3. The Morgan fingerprint density at radius 1 is 1.00 bits per heavy atom. The van der Waals surface area contributed by atoms with E-state index in [2.05, 4.69) is 43.3 Å². The molecule has 1 amide bonds. The molecule has 3 rings (SSSR count). The lowest BCUT2D eigenvalue weighted by Crippen LogP contribution is -2.32. The first kappa shape index (κ1) is 16.2. The van der Waals surface area contributed by atoms with Crippen LogP contribution in [0.3, 0.4) is 0 Å². The van der Waals surface area contributed by atoms with Crippen molar-refractivity contribution in [2.75, 3.05) is 13.1 Å². The van der Waals surface area contributed by atoms with E-state index in [1.807, 2.05) is 23.1 Å². The van der Waals surface area contributed by atoms with E-state index in [9.17, 15) is 4.79 Å². The van der Waals surface area contributed by atoms with Gasteiger partial charge in [0.2, 0.25) is 0 Å². The lowest BCUT2D eigenvalue weighted by molar-refractivity contribution is 0.0745. The van der Waals surface area contributed by atoms with Gasteiger partial charge in [0.15, 0.2) is 11.5 Å². The second kappa shape index (κ2) is 7.30. The van der Waals surface area contributed by atoms with Gasteiger partial charge in [-0.1, -0.05) is 55.4 Å². The summed E-state index contributed by atoms with van der Waals surface area (Å²) in [6, 6.07) is 16.0. The van der Waals surface area contributed by atoms with E-state index in [-0.39, 0.29) is 5.91 Å². The van der Waals surface area contributed by atoms with Crippen LogP contribution in [0, 0.1) is 0 Å². The van der Waals surface area contributed by atoms with Crippen LogP contribution in [0.5, 0.6) is 0 Å². The molecule has 4 heteroatoms. The zero-order valence-electron chi connectivity index (χ0n) is 14.2. The van der Waals surface area contributed by atoms with Gasteiger partial charge in [-0.3, -0.25) is 4.79 Å². The van der Waals surface area contributed by atoms with E-state index < -0.39 is 0 Å². The summed E-state index contributed by atoms with van der Waals surface area (Å²) in [5, 5.41) is 6.30. The first-order valence-electron chi connectivity index (χ1n) is 8.48. The smallest absolute Gasteiger partial charge is 0.276 e. The van der Waals surface area contributed by atoms with E-state index in [0.29, 0.717) is 11.5 Å². The predicted octanol–water partition coefficient (Wildman–Crippen LogP) is 4.76. The zero-order chi connectivity index (χ0) is 16.9. The highest BCUT2D eigenvalue weighted by Crippen LogP contribution is 2.25. The van der Waals surface area contributed by atoms with Gasteiger partial charge in [-0.2, -0.15) is 0 Å². The Balaban J connectivity index is 1.87. The fraction of sp³-hybridized carbons (Fsp3) is 0.300.